The Kier molecular flexibility index (Phi) is 7.12. The van der Waals surface area contributed by atoms with Gasteiger partial charge in [-0.05, 0) is 37.1 Å². The van der Waals surface area contributed by atoms with Crippen LogP contribution in [0.5, 0.6) is 11.5 Å². The molecule has 10 heteroatoms. The molecule has 1 aromatic heterocycles. The van der Waals surface area contributed by atoms with Gasteiger partial charge < -0.3 is 24.6 Å². The number of methoxy groups -OCH3 is 2. The maximum atomic E-state index is 6.65. The van der Waals surface area contributed by atoms with Crippen LogP contribution in [0.15, 0.2) is 36.5 Å². The molecule has 3 aromatic rings. The van der Waals surface area contributed by atoms with Gasteiger partial charge in [-0.3, -0.25) is 4.90 Å². The van der Waals surface area contributed by atoms with Gasteiger partial charge in [0, 0.05) is 80.9 Å². The quantitative estimate of drug-likeness (QED) is 0.417. The summed E-state index contributed by atoms with van der Waals surface area (Å²) >= 11 is 13.3. The van der Waals surface area contributed by atoms with Gasteiger partial charge in [0.15, 0.2) is 0 Å². The third kappa shape index (κ3) is 5.05. The number of ether oxygens (including phenoxy) is 2. The van der Waals surface area contributed by atoms with Crippen LogP contribution in [0.3, 0.4) is 0 Å². The van der Waals surface area contributed by atoms with Crippen molar-refractivity contribution in [2.75, 3.05) is 62.1 Å². The van der Waals surface area contributed by atoms with Crippen molar-refractivity contribution in [3.05, 3.63) is 57.8 Å². The lowest BCUT2D eigenvalue weighted by molar-refractivity contribution is 0.248. The number of fused-ring (bicyclic) bond motifs is 1. The number of piperazine rings is 1. The lowest BCUT2D eigenvalue weighted by atomic mass is 10.1. The Morgan fingerprint density at radius 3 is 2.21 bits per heavy atom. The Hall–Kier alpha value is -2.94. The molecule has 3 heterocycles. The zero-order valence-electron chi connectivity index (χ0n) is 21.7. The van der Waals surface area contributed by atoms with Crippen molar-refractivity contribution >= 4 is 46.2 Å². The first-order chi connectivity index (χ1) is 18.5. The van der Waals surface area contributed by atoms with Crippen LogP contribution in [0.1, 0.15) is 24.1 Å². The molecule has 38 heavy (non-hydrogen) atoms. The number of nitrogens with one attached hydrogen (secondary N) is 1. The van der Waals surface area contributed by atoms with Crippen LogP contribution in [0, 0.1) is 0 Å². The summed E-state index contributed by atoms with van der Waals surface area (Å²) in [5.41, 5.74) is 5.00. The highest BCUT2D eigenvalue weighted by Crippen LogP contribution is 2.47. The van der Waals surface area contributed by atoms with Crippen molar-refractivity contribution in [1.29, 1.82) is 0 Å². The molecule has 2 aromatic carbocycles. The fraction of sp³-hybridized carbons (Fsp3) is 0.429. The van der Waals surface area contributed by atoms with E-state index in [1.165, 1.54) is 18.5 Å². The van der Waals surface area contributed by atoms with E-state index in [9.17, 15) is 0 Å². The molecule has 1 saturated heterocycles. The van der Waals surface area contributed by atoms with Gasteiger partial charge in [0.05, 0.1) is 25.6 Å². The van der Waals surface area contributed by atoms with Crippen LogP contribution in [0.2, 0.25) is 10.0 Å². The molecular formula is C28H32Cl2N6O2. The van der Waals surface area contributed by atoms with Crippen LogP contribution >= 0.6 is 23.2 Å². The van der Waals surface area contributed by atoms with E-state index in [0.717, 1.165) is 55.6 Å². The van der Waals surface area contributed by atoms with Gasteiger partial charge in [-0.2, -0.15) is 0 Å². The molecule has 0 amide bonds. The summed E-state index contributed by atoms with van der Waals surface area (Å²) in [7, 11) is 3.16. The van der Waals surface area contributed by atoms with Crippen molar-refractivity contribution < 1.29 is 9.47 Å². The largest absolute Gasteiger partial charge is 0.495 e. The molecule has 0 atom stereocenters. The normalized spacial score (nSPS) is 17.8. The molecule has 200 valence electrons. The van der Waals surface area contributed by atoms with E-state index in [4.69, 9.17) is 37.7 Å². The minimum absolute atomic E-state index is 0.467. The van der Waals surface area contributed by atoms with Gasteiger partial charge in [0.2, 0.25) is 5.95 Å². The van der Waals surface area contributed by atoms with E-state index in [1.54, 1.807) is 20.3 Å². The fourth-order valence-electron chi connectivity index (χ4n) is 5.39. The zero-order chi connectivity index (χ0) is 26.2. The van der Waals surface area contributed by atoms with E-state index < -0.39 is 0 Å². The highest BCUT2D eigenvalue weighted by molar-refractivity contribution is 6.41. The van der Waals surface area contributed by atoms with Gasteiger partial charge in [-0.15, -0.1) is 0 Å². The van der Waals surface area contributed by atoms with Gasteiger partial charge in [-0.25, -0.2) is 9.97 Å². The average Bonchev–Trinajstić information content (AvgIpc) is 3.80. The average molecular weight is 556 g/mol. The number of halogens is 2. The minimum atomic E-state index is 0.467. The Morgan fingerprint density at radius 1 is 0.895 bits per heavy atom. The Balaban J connectivity index is 1.12. The molecule has 8 nitrogen and oxygen atoms in total. The third-order valence-electron chi connectivity index (χ3n) is 7.67. The van der Waals surface area contributed by atoms with E-state index in [2.05, 4.69) is 49.3 Å². The monoisotopic (exact) mass is 554 g/mol. The number of hydrogen-bond acceptors (Lipinski definition) is 8. The zero-order valence-corrected chi connectivity index (χ0v) is 23.2. The first-order valence-corrected chi connectivity index (χ1v) is 13.9. The van der Waals surface area contributed by atoms with Crippen molar-refractivity contribution in [2.45, 2.75) is 31.8 Å². The molecule has 0 radical (unpaired) electrons. The smallest absolute Gasteiger partial charge is 0.227 e. The summed E-state index contributed by atoms with van der Waals surface area (Å²) in [5.74, 6) is 1.65. The third-order valence-corrected chi connectivity index (χ3v) is 8.40. The Bertz CT molecular complexity index is 1280. The van der Waals surface area contributed by atoms with Crippen LogP contribution in [0.25, 0.3) is 0 Å². The summed E-state index contributed by atoms with van der Waals surface area (Å²) in [4.78, 5) is 16.6. The number of nitrogens with zero attached hydrogens (tertiary/aromatic N) is 5. The summed E-state index contributed by atoms with van der Waals surface area (Å²) in [6, 6.07) is 11.1. The first-order valence-electron chi connectivity index (χ1n) is 13.1. The molecule has 1 aliphatic carbocycles. The lowest BCUT2D eigenvalue weighted by Crippen LogP contribution is -2.47. The molecule has 3 aliphatic rings. The number of rotatable bonds is 7. The van der Waals surface area contributed by atoms with E-state index in [0.29, 0.717) is 46.3 Å². The maximum absolute atomic E-state index is 6.65. The molecule has 2 aliphatic heterocycles. The molecular weight excluding hydrogens is 523 g/mol. The van der Waals surface area contributed by atoms with Gasteiger partial charge >= 0.3 is 0 Å². The second-order valence-electron chi connectivity index (χ2n) is 10.0. The van der Waals surface area contributed by atoms with Crippen LogP contribution in [0.4, 0.5) is 23.0 Å². The Labute approximate surface area is 233 Å². The highest BCUT2D eigenvalue weighted by Gasteiger charge is 2.31. The molecule has 6 rings (SSSR count). The van der Waals surface area contributed by atoms with Crippen molar-refractivity contribution in [3.8, 4) is 11.5 Å². The summed E-state index contributed by atoms with van der Waals surface area (Å²) in [5, 5.41) is 4.30. The van der Waals surface area contributed by atoms with E-state index >= 15 is 0 Å². The minimum Gasteiger partial charge on any atom is -0.495 e. The molecule has 0 unspecified atom stereocenters. The maximum Gasteiger partial charge on any atom is 0.227 e. The number of hydrogen-bond donors (Lipinski definition) is 1. The number of aromatic nitrogens is 2. The van der Waals surface area contributed by atoms with Crippen molar-refractivity contribution in [2.24, 2.45) is 0 Å². The molecule has 0 spiro atoms. The van der Waals surface area contributed by atoms with Crippen molar-refractivity contribution in [1.82, 2.24) is 14.9 Å². The summed E-state index contributed by atoms with van der Waals surface area (Å²) in [6.45, 7) is 5.81. The lowest BCUT2D eigenvalue weighted by Gasteiger charge is -2.36. The van der Waals surface area contributed by atoms with Crippen molar-refractivity contribution in [3.63, 3.8) is 0 Å². The van der Waals surface area contributed by atoms with E-state index in [1.807, 2.05) is 6.20 Å². The number of benzene rings is 2. The molecule has 1 N–H and O–H groups in total. The highest BCUT2D eigenvalue weighted by atomic mass is 35.5. The van der Waals surface area contributed by atoms with Gasteiger partial charge in [0.25, 0.3) is 0 Å². The van der Waals surface area contributed by atoms with Crippen LogP contribution in [-0.2, 0) is 13.0 Å². The molecule has 1 saturated carbocycles. The Morgan fingerprint density at radius 2 is 1.58 bits per heavy atom. The second-order valence-corrected chi connectivity index (χ2v) is 10.8. The predicted molar refractivity (Wildman–Crippen MR) is 153 cm³/mol. The molecule has 0 bridgehead atoms. The summed E-state index contributed by atoms with van der Waals surface area (Å²) in [6.07, 6.45) is 5.38. The predicted octanol–water partition coefficient (Wildman–Crippen LogP) is 5.39. The van der Waals surface area contributed by atoms with Crippen LogP contribution < -0.4 is 24.6 Å². The topological polar surface area (TPSA) is 66.0 Å². The molecule has 2 fully saturated rings. The fourth-order valence-corrected chi connectivity index (χ4v) is 6.13. The standard InChI is InChI=1S/C28H32Cl2N6O2/c1-37-23-15-24(38-2)26(30)27(25(23)29)36-10-9-22-18(17-36)16-31-28(33-22)32-19-3-5-20(6-4-19)34-11-13-35(14-12-34)21-7-8-21/h3-6,15-16,21H,7-14,17H2,1-2H3,(H,31,32,33). The first kappa shape index (κ1) is 25.3. The second kappa shape index (κ2) is 10.7. The number of anilines is 4. The van der Waals surface area contributed by atoms with Gasteiger partial charge in [-0.1, -0.05) is 23.2 Å². The van der Waals surface area contributed by atoms with E-state index in [-0.39, 0.29) is 0 Å². The summed E-state index contributed by atoms with van der Waals surface area (Å²) < 4.78 is 10.9. The SMILES string of the molecule is COc1cc(OC)c(Cl)c(N2CCc3nc(Nc4ccc(N5CCN(C6CC6)CC5)cc4)ncc3C2)c1Cl. The van der Waals surface area contributed by atoms with Crippen LogP contribution in [-0.4, -0.2) is 67.9 Å². The van der Waals surface area contributed by atoms with Gasteiger partial charge in [0.1, 0.15) is 21.5 Å².